The summed E-state index contributed by atoms with van der Waals surface area (Å²) < 4.78 is 2.06. The highest BCUT2D eigenvalue weighted by molar-refractivity contribution is 5.95. The Morgan fingerprint density at radius 2 is 2.29 bits per heavy atom. The van der Waals surface area contributed by atoms with E-state index < -0.39 is 0 Å². The van der Waals surface area contributed by atoms with E-state index in [0.717, 1.165) is 36.6 Å². The molecule has 3 rings (SSSR count). The Balaban J connectivity index is 1.76. The smallest absolute Gasteiger partial charge is 0.223 e. The second kappa shape index (κ2) is 5.60. The van der Waals surface area contributed by atoms with Crippen LogP contribution in [-0.2, 0) is 24.3 Å². The zero-order valence-electron chi connectivity index (χ0n) is 12.5. The number of nitrogens with one attached hydrogen (secondary N) is 1. The monoisotopic (exact) mass is 284 g/mol. The molecule has 0 fully saturated rings. The summed E-state index contributed by atoms with van der Waals surface area (Å²) in [7, 11) is 0. The van der Waals surface area contributed by atoms with Crippen LogP contribution in [0.3, 0.4) is 0 Å². The summed E-state index contributed by atoms with van der Waals surface area (Å²) in [6.07, 6.45) is 4.81. The van der Waals surface area contributed by atoms with E-state index in [1.54, 1.807) is 6.92 Å². The lowest BCUT2D eigenvalue weighted by atomic mass is 10.1. The Bertz CT molecular complexity index is 662. The lowest BCUT2D eigenvalue weighted by molar-refractivity contribution is -0.116. The Morgan fingerprint density at radius 1 is 1.43 bits per heavy atom. The van der Waals surface area contributed by atoms with E-state index in [-0.39, 0.29) is 5.91 Å². The van der Waals surface area contributed by atoms with Gasteiger partial charge in [0, 0.05) is 43.1 Å². The predicted octanol–water partition coefficient (Wildman–Crippen LogP) is 2.42. The molecule has 1 aromatic heterocycles. The third-order valence-corrected chi connectivity index (χ3v) is 3.92. The Labute approximate surface area is 124 Å². The maximum Gasteiger partial charge on any atom is 0.223 e. The molecule has 1 aliphatic heterocycles. The van der Waals surface area contributed by atoms with Gasteiger partial charge in [0.05, 0.1) is 18.6 Å². The molecule has 1 aromatic carbocycles. The van der Waals surface area contributed by atoms with Gasteiger partial charge in [-0.3, -0.25) is 4.79 Å². The molecular formula is C16H20N4O. The van der Waals surface area contributed by atoms with Crippen molar-refractivity contribution in [1.82, 2.24) is 9.55 Å². The number of aryl methyl sites for hydroxylation is 1. The van der Waals surface area contributed by atoms with Crippen LogP contribution in [0.15, 0.2) is 30.7 Å². The Morgan fingerprint density at radius 3 is 3.00 bits per heavy atom. The average Bonchev–Trinajstić information content (AvgIpc) is 3.11. The number of anilines is 2. The Hall–Kier alpha value is -2.30. The Kier molecular flexibility index (Phi) is 3.64. The van der Waals surface area contributed by atoms with Crippen LogP contribution in [0.25, 0.3) is 0 Å². The second-order valence-corrected chi connectivity index (χ2v) is 5.27. The second-order valence-electron chi connectivity index (χ2n) is 5.27. The molecule has 5 heteroatoms. The lowest BCUT2D eigenvalue weighted by Crippen LogP contribution is -2.25. The van der Waals surface area contributed by atoms with Gasteiger partial charge in [-0.1, -0.05) is 6.07 Å². The van der Waals surface area contributed by atoms with Gasteiger partial charge in [0.2, 0.25) is 5.91 Å². The number of hydrogen-bond donors (Lipinski definition) is 1. The van der Waals surface area contributed by atoms with Gasteiger partial charge in [-0.25, -0.2) is 4.98 Å². The molecule has 0 saturated carbocycles. The number of fused-ring (bicyclic) bond motifs is 1. The van der Waals surface area contributed by atoms with Crippen LogP contribution < -0.4 is 10.2 Å². The van der Waals surface area contributed by atoms with Crippen molar-refractivity contribution in [2.24, 2.45) is 0 Å². The zero-order chi connectivity index (χ0) is 14.8. The quantitative estimate of drug-likeness (QED) is 0.938. The molecular weight excluding hydrogens is 264 g/mol. The third kappa shape index (κ3) is 2.63. The summed E-state index contributed by atoms with van der Waals surface area (Å²) in [5.74, 6) is 0.104. The summed E-state index contributed by atoms with van der Waals surface area (Å²) in [4.78, 5) is 17.8. The highest BCUT2D eigenvalue weighted by Gasteiger charge is 2.24. The molecule has 5 nitrogen and oxygen atoms in total. The molecule has 1 aliphatic rings. The molecule has 0 aliphatic carbocycles. The number of hydrogen-bond acceptors (Lipinski definition) is 3. The van der Waals surface area contributed by atoms with Crippen LogP contribution in [0, 0.1) is 0 Å². The van der Waals surface area contributed by atoms with E-state index in [1.807, 2.05) is 23.4 Å². The molecule has 2 heterocycles. The molecule has 0 spiro atoms. The summed E-state index contributed by atoms with van der Waals surface area (Å²) in [5, 5.41) is 3.44. The van der Waals surface area contributed by atoms with Crippen LogP contribution in [0.1, 0.15) is 25.1 Å². The first-order valence-electron chi connectivity index (χ1n) is 7.33. The van der Waals surface area contributed by atoms with Crippen molar-refractivity contribution in [3.8, 4) is 0 Å². The summed E-state index contributed by atoms with van der Waals surface area (Å²) in [6, 6.07) is 6.08. The van der Waals surface area contributed by atoms with Gasteiger partial charge in [0.1, 0.15) is 0 Å². The van der Waals surface area contributed by atoms with Crippen molar-refractivity contribution in [2.75, 3.05) is 16.8 Å². The van der Waals surface area contributed by atoms with Gasteiger partial charge >= 0.3 is 0 Å². The van der Waals surface area contributed by atoms with Crippen molar-refractivity contribution in [3.63, 3.8) is 0 Å². The average molecular weight is 284 g/mol. The molecule has 1 amide bonds. The van der Waals surface area contributed by atoms with Gasteiger partial charge in [-0.15, -0.1) is 0 Å². The van der Waals surface area contributed by atoms with E-state index in [9.17, 15) is 4.79 Å². The minimum Gasteiger partial charge on any atom is -0.379 e. The molecule has 0 bridgehead atoms. The largest absolute Gasteiger partial charge is 0.379 e. The summed E-state index contributed by atoms with van der Waals surface area (Å²) in [6.45, 7) is 6.12. The SMILES string of the molecule is CCn1cnc(CNc2cccc3c2CCN3C(C)=O)c1. The van der Waals surface area contributed by atoms with Crippen LogP contribution >= 0.6 is 0 Å². The van der Waals surface area contributed by atoms with Gasteiger partial charge in [-0.05, 0) is 25.5 Å². The fourth-order valence-electron chi connectivity index (χ4n) is 2.78. The van der Waals surface area contributed by atoms with Crippen LogP contribution in [0.2, 0.25) is 0 Å². The maximum atomic E-state index is 11.6. The van der Waals surface area contributed by atoms with Gasteiger partial charge in [0.15, 0.2) is 0 Å². The number of aromatic nitrogens is 2. The summed E-state index contributed by atoms with van der Waals surface area (Å²) in [5.41, 5.74) is 4.38. The van der Waals surface area contributed by atoms with E-state index in [0.29, 0.717) is 6.54 Å². The first kappa shape index (κ1) is 13.7. The van der Waals surface area contributed by atoms with E-state index in [4.69, 9.17) is 0 Å². The molecule has 21 heavy (non-hydrogen) atoms. The fraction of sp³-hybridized carbons (Fsp3) is 0.375. The van der Waals surface area contributed by atoms with Gasteiger partial charge in [0.25, 0.3) is 0 Å². The minimum absolute atomic E-state index is 0.104. The number of carbonyl (C=O) groups is 1. The van der Waals surface area contributed by atoms with Crippen molar-refractivity contribution in [3.05, 3.63) is 42.0 Å². The van der Waals surface area contributed by atoms with Crippen LogP contribution in [-0.4, -0.2) is 22.0 Å². The fourth-order valence-corrected chi connectivity index (χ4v) is 2.78. The molecule has 0 radical (unpaired) electrons. The topological polar surface area (TPSA) is 50.2 Å². The van der Waals surface area contributed by atoms with Gasteiger partial charge in [-0.2, -0.15) is 0 Å². The molecule has 0 unspecified atom stereocenters. The number of benzene rings is 1. The number of amides is 1. The normalized spacial score (nSPS) is 13.3. The molecule has 110 valence electrons. The molecule has 0 saturated heterocycles. The maximum absolute atomic E-state index is 11.6. The molecule has 0 atom stereocenters. The van der Waals surface area contributed by atoms with Crippen molar-refractivity contribution >= 4 is 17.3 Å². The first-order chi connectivity index (χ1) is 10.2. The lowest BCUT2D eigenvalue weighted by Gasteiger charge is -2.15. The standard InChI is InChI=1S/C16H20N4O/c1-3-19-10-13(18-11-19)9-17-15-5-4-6-16-14(15)7-8-20(16)12(2)21/h4-6,10-11,17H,3,7-9H2,1-2H3. The molecule has 1 N–H and O–H groups in total. The van der Waals surface area contributed by atoms with Crippen molar-refractivity contribution < 1.29 is 4.79 Å². The highest BCUT2D eigenvalue weighted by Crippen LogP contribution is 2.33. The van der Waals surface area contributed by atoms with E-state index in [1.165, 1.54) is 5.56 Å². The molecule has 2 aromatic rings. The van der Waals surface area contributed by atoms with Crippen LogP contribution in [0.4, 0.5) is 11.4 Å². The minimum atomic E-state index is 0.104. The predicted molar refractivity (Wildman–Crippen MR) is 83.4 cm³/mol. The van der Waals surface area contributed by atoms with E-state index >= 15 is 0 Å². The third-order valence-electron chi connectivity index (χ3n) is 3.92. The number of imidazole rings is 1. The van der Waals surface area contributed by atoms with Gasteiger partial charge < -0.3 is 14.8 Å². The highest BCUT2D eigenvalue weighted by atomic mass is 16.2. The number of nitrogens with zero attached hydrogens (tertiary/aromatic N) is 3. The van der Waals surface area contributed by atoms with Crippen LogP contribution in [0.5, 0.6) is 0 Å². The number of carbonyl (C=O) groups excluding carboxylic acids is 1. The zero-order valence-corrected chi connectivity index (χ0v) is 12.5. The number of rotatable bonds is 4. The van der Waals surface area contributed by atoms with Crippen molar-refractivity contribution in [1.29, 1.82) is 0 Å². The first-order valence-corrected chi connectivity index (χ1v) is 7.33. The van der Waals surface area contributed by atoms with Crippen molar-refractivity contribution in [2.45, 2.75) is 33.4 Å². The van der Waals surface area contributed by atoms with E-state index in [2.05, 4.69) is 34.1 Å². The summed E-state index contributed by atoms with van der Waals surface area (Å²) >= 11 is 0.